The van der Waals surface area contributed by atoms with E-state index in [0.29, 0.717) is 13.1 Å². The van der Waals surface area contributed by atoms with Crippen molar-refractivity contribution in [1.29, 1.82) is 0 Å². The third kappa shape index (κ3) is 4.09. The molecule has 0 saturated carbocycles. The lowest BCUT2D eigenvalue weighted by atomic mass is 9.87. The minimum atomic E-state index is -1.00. The number of amides is 2. The highest BCUT2D eigenvalue weighted by atomic mass is 16.2. The molecule has 1 unspecified atom stereocenters. The highest BCUT2D eigenvalue weighted by molar-refractivity contribution is 6.04. The normalized spacial score (nSPS) is 21.3. The predicted octanol–water partition coefficient (Wildman–Crippen LogP) is 2.55. The van der Waals surface area contributed by atoms with E-state index in [1.54, 1.807) is 20.0 Å². The van der Waals surface area contributed by atoms with Gasteiger partial charge in [0, 0.05) is 45.0 Å². The Morgan fingerprint density at radius 2 is 1.81 bits per heavy atom. The molecule has 2 fully saturated rings. The third-order valence-electron chi connectivity index (χ3n) is 5.97. The number of hydrogen-bond donors (Lipinski definition) is 0. The molecule has 1 aromatic heterocycles. The fourth-order valence-electron chi connectivity index (χ4n) is 4.22. The van der Waals surface area contributed by atoms with Crippen LogP contribution in [0.2, 0.25) is 0 Å². The quantitative estimate of drug-likeness (QED) is 0.762. The van der Waals surface area contributed by atoms with Gasteiger partial charge >= 0.3 is 0 Å². The topological polar surface area (TPSA) is 56.8 Å². The molecule has 2 aliphatic heterocycles. The highest BCUT2D eigenvalue weighted by Crippen LogP contribution is 2.29. The number of hydrogen-bond acceptors (Lipinski definition) is 4. The van der Waals surface area contributed by atoms with E-state index in [1.807, 2.05) is 28.0 Å². The summed E-state index contributed by atoms with van der Waals surface area (Å²) >= 11 is 0. The molecule has 148 valence electrons. The van der Waals surface area contributed by atoms with Crippen LogP contribution >= 0.6 is 0 Å². The lowest BCUT2D eigenvalue weighted by Gasteiger charge is -2.42. The Balaban J connectivity index is 1.63. The summed E-state index contributed by atoms with van der Waals surface area (Å²) in [7, 11) is 0. The smallest absolute Gasteiger partial charge is 0.237 e. The number of carbonyl (C=O) groups is 2. The Bertz CT molecular complexity index is 653. The maximum atomic E-state index is 13.2. The molecule has 0 N–H and O–H groups in total. The lowest BCUT2D eigenvalue weighted by Crippen LogP contribution is -2.57. The molecule has 6 nitrogen and oxygen atoms in total. The Hall–Kier alpha value is -2.11. The SMILES string of the molecule is CCC1CCCCN1C(=O)C(C)(C)C(=O)N1CCN(c2ccccn2)CC1. The Morgan fingerprint density at radius 1 is 1.07 bits per heavy atom. The Kier molecular flexibility index (Phi) is 6.02. The number of carbonyl (C=O) groups excluding carboxylic acids is 2. The van der Waals surface area contributed by atoms with Gasteiger partial charge < -0.3 is 14.7 Å². The van der Waals surface area contributed by atoms with Gasteiger partial charge in [-0.25, -0.2) is 4.98 Å². The average Bonchev–Trinajstić information content (AvgIpc) is 2.73. The van der Waals surface area contributed by atoms with E-state index < -0.39 is 5.41 Å². The second-order valence-corrected chi connectivity index (χ2v) is 8.15. The molecule has 3 heterocycles. The van der Waals surface area contributed by atoms with E-state index in [9.17, 15) is 9.59 Å². The molecule has 27 heavy (non-hydrogen) atoms. The number of piperazine rings is 1. The first-order valence-electron chi connectivity index (χ1n) is 10.2. The van der Waals surface area contributed by atoms with Crippen molar-refractivity contribution in [3.8, 4) is 0 Å². The summed E-state index contributed by atoms with van der Waals surface area (Å²) in [6.45, 7) is 9.24. The van der Waals surface area contributed by atoms with Crippen molar-refractivity contribution < 1.29 is 9.59 Å². The van der Waals surface area contributed by atoms with Crippen molar-refractivity contribution in [3.05, 3.63) is 24.4 Å². The third-order valence-corrected chi connectivity index (χ3v) is 5.97. The molecular formula is C21H32N4O2. The molecule has 0 radical (unpaired) electrons. The molecule has 2 amide bonds. The number of anilines is 1. The molecule has 3 rings (SSSR count). The predicted molar refractivity (Wildman–Crippen MR) is 106 cm³/mol. The van der Waals surface area contributed by atoms with Crippen LogP contribution in [0, 0.1) is 5.41 Å². The van der Waals surface area contributed by atoms with Crippen LogP contribution in [0.5, 0.6) is 0 Å². The van der Waals surface area contributed by atoms with Gasteiger partial charge in [-0.15, -0.1) is 0 Å². The van der Waals surface area contributed by atoms with Crippen LogP contribution in [-0.2, 0) is 9.59 Å². The van der Waals surface area contributed by atoms with Crippen LogP contribution in [0.25, 0.3) is 0 Å². The number of pyridine rings is 1. The van der Waals surface area contributed by atoms with Crippen LogP contribution in [0.4, 0.5) is 5.82 Å². The summed E-state index contributed by atoms with van der Waals surface area (Å²) in [5, 5.41) is 0. The molecule has 0 spiro atoms. The summed E-state index contributed by atoms with van der Waals surface area (Å²) in [6.07, 6.45) is 6.01. The molecule has 1 atom stereocenters. The molecule has 0 aliphatic carbocycles. The number of nitrogens with zero attached hydrogens (tertiary/aromatic N) is 4. The van der Waals surface area contributed by atoms with Gasteiger partial charge in [0.15, 0.2) is 0 Å². The van der Waals surface area contributed by atoms with Crippen LogP contribution in [0.1, 0.15) is 46.5 Å². The zero-order valence-electron chi connectivity index (χ0n) is 16.9. The summed E-state index contributed by atoms with van der Waals surface area (Å²) in [5.74, 6) is 0.888. The van der Waals surface area contributed by atoms with Crippen LogP contribution in [-0.4, -0.2) is 65.4 Å². The van der Waals surface area contributed by atoms with Crippen LogP contribution in [0.15, 0.2) is 24.4 Å². The second kappa shape index (κ2) is 8.28. The van der Waals surface area contributed by atoms with E-state index >= 15 is 0 Å². The summed E-state index contributed by atoms with van der Waals surface area (Å²) in [5.41, 5.74) is -1.00. The minimum absolute atomic E-state index is 0.00814. The van der Waals surface area contributed by atoms with Crippen molar-refractivity contribution in [1.82, 2.24) is 14.8 Å². The minimum Gasteiger partial charge on any atom is -0.353 e. The number of aromatic nitrogens is 1. The van der Waals surface area contributed by atoms with Crippen molar-refractivity contribution >= 4 is 17.6 Å². The first kappa shape index (κ1) is 19.6. The van der Waals surface area contributed by atoms with Crippen LogP contribution in [0.3, 0.4) is 0 Å². The van der Waals surface area contributed by atoms with Crippen molar-refractivity contribution in [2.45, 2.75) is 52.5 Å². The van der Waals surface area contributed by atoms with Gasteiger partial charge in [-0.05, 0) is 51.7 Å². The maximum Gasteiger partial charge on any atom is 0.237 e. The largest absolute Gasteiger partial charge is 0.353 e. The number of rotatable bonds is 4. The first-order chi connectivity index (χ1) is 12.9. The van der Waals surface area contributed by atoms with Gasteiger partial charge in [0.25, 0.3) is 0 Å². The van der Waals surface area contributed by atoms with Crippen molar-refractivity contribution in [2.24, 2.45) is 5.41 Å². The second-order valence-electron chi connectivity index (χ2n) is 8.15. The van der Waals surface area contributed by atoms with Gasteiger partial charge in [0.2, 0.25) is 11.8 Å². The summed E-state index contributed by atoms with van der Waals surface area (Å²) < 4.78 is 0. The van der Waals surface area contributed by atoms with E-state index in [-0.39, 0.29) is 17.9 Å². The zero-order valence-corrected chi connectivity index (χ0v) is 16.9. The van der Waals surface area contributed by atoms with Gasteiger partial charge in [-0.3, -0.25) is 9.59 Å². The monoisotopic (exact) mass is 372 g/mol. The molecule has 1 aromatic rings. The van der Waals surface area contributed by atoms with Gasteiger partial charge in [-0.2, -0.15) is 0 Å². The average molecular weight is 373 g/mol. The Labute approximate surface area is 162 Å². The fourth-order valence-corrected chi connectivity index (χ4v) is 4.22. The zero-order chi connectivity index (χ0) is 19.4. The molecule has 2 saturated heterocycles. The number of likely N-dealkylation sites (tertiary alicyclic amines) is 1. The molecule has 6 heteroatoms. The standard InChI is InChI=1S/C21H32N4O2/c1-4-17-9-6-8-12-25(17)20(27)21(2,3)19(26)24-15-13-23(14-16-24)18-10-5-7-11-22-18/h5,7,10-11,17H,4,6,8-9,12-16H2,1-3H3. The van der Waals surface area contributed by atoms with E-state index in [0.717, 1.165) is 44.7 Å². The van der Waals surface area contributed by atoms with E-state index in [4.69, 9.17) is 0 Å². The van der Waals surface area contributed by atoms with E-state index in [2.05, 4.69) is 16.8 Å². The maximum absolute atomic E-state index is 13.2. The van der Waals surface area contributed by atoms with Gasteiger partial charge in [0.05, 0.1) is 0 Å². The molecule has 2 aliphatic rings. The summed E-state index contributed by atoms with van der Waals surface area (Å²) in [4.78, 5) is 36.8. The molecule has 0 aromatic carbocycles. The summed E-state index contributed by atoms with van der Waals surface area (Å²) in [6, 6.07) is 6.15. The van der Waals surface area contributed by atoms with E-state index in [1.165, 1.54) is 6.42 Å². The van der Waals surface area contributed by atoms with Gasteiger partial charge in [0.1, 0.15) is 11.2 Å². The fraction of sp³-hybridized carbons (Fsp3) is 0.667. The highest BCUT2D eigenvalue weighted by Gasteiger charge is 2.44. The van der Waals surface area contributed by atoms with Crippen LogP contribution < -0.4 is 4.90 Å². The van der Waals surface area contributed by atoms with Gasteiger partial charge in [-0.1, -0.05) is 13.0 Å². The lowest BCUT2D eigenvalue weighted by molar-refractivity contribution is -0.156. The number of piperidine rings is 1. The first-order valence-corrected chi connectivity index (χ1v) is 10.2. The Morgan fingerprint density at radius 3 is 2.44 bits per heavy atom. The molecular weight excluding hydrogens is 340 g/mol. The van der Waals surface area contributed by atoms with Crippen molar-refractivity contribution in [2.75, 3.05) is 37.6 Å². The molecule has 0 bridgehead atoms. The van der Waals surface area contributed by atoms with Crippen molar-refractivity contribution in [3.63, 3.8) is 0 Å².